The summed E-state index contributed by atoms with van der Waals surface area (Å²) in [7, 11) is 0. The molecule has 0 fully saturated rings. The molecule has 1 rings (SSSR count). The molecule has 0 saturated carbocycles. The summed E-state index contributed by atoms with van der Waals surface area (Å²) in [5, 5.41) is 0. The molecule has 1 atom stereocenters. The minimum absolute atomic E-state index is 0.0495. The van der Waals surface area contributed by atoms with E-state index in [4.69, 9.17) is 18.9 Å². The number of halogens is 1. The SMILES string of the molecule is CCC(C)(CC(C)(C)C(=O)OCCOC(=O)/C(F)=C/c1ccccc1)C(=O)OCCOC(C)=O. The van der Waals surface area contributed by atoms with E-state index in [2.05, 4.69) is 0 Å². The van der Waals surface area contributed by atoms with Gasteiger partial charge in [0, 0.05) is 6.92 Å². The van der Waals surface area contributed by atoms with Crippen LogP contribution in [0.1, 0.15) is 53.0 Å². The predicted molar refractivity (Wildman–Crippen MR) is 122 cm³/mol. The Kier molecular flexibility index (Phi) is 11.4. The van der Waals surface area contributed by atoms with Gasteiger partial charge >= 0.3 is 23.9 Å². The van der Waals surface area contributed by atoms with Crippen molar-refractivity contribution >= 4 is 30.0 Å². The van der Waals surface area contributed by atoms with Gasteiger partial charge in [0.05, 0.1) is 10.8 Å². The van der Waals surface area contributed by atoms with Crippen LogP contribution in [0.3, 0.4) is 0 Å². The van der Waals surface area contributed by atoms with Crippen molar-refractivity contribution in [3.63, 3.8) is 0 Å². The molecule has 0 heterocycles. The van der Waals surface area contributed by atoms with Gasteiger partial charge in [-0.1, -0.05) is 37.3 Å². The van der Waals surface area contributed by atoms with E-state index in [0.717, 1.165) is 6.08 Å². The first-order chi connectivity index (χ1) is 15.9. The Labute approximate surface area is 199 Å². The summed E-state index contributed by atoms with van der Waals surface area (Å²) in [6, 6.07) is 8.45. The molecule has 188 valence electrons. The molecule has 0 amide bonds. The summed E-state index contributed by atoms with van der Waals surface area (Å²) in [5.74, 6) is -3.81. The normalized spacial score (nSPS) is 13.4. The number of esters is 4. The zero-order valence-electron chi connectivity index (χ0n) is 20.4. The van der Waals surface area contributed by atoms with E-state index in [1.165, 1.54) is 6.92 Å². The Morgan fingerprint density at radius 3 is 1.94 bits per heavy atom. The van der Waals surface area contributed by atoms with E-state index in [9.17, 15) is 23.6 Å². The van der Waals surface area contributed by atoms with Crippen LogP contribution in [0.5, 0.6) is 0 Å². The van der Waals surface area contributed by atoms with E-state index in [0.29, 0.717) is 12.0 Å². The molecule has 0 radical (unpaired) electrons. The Bertz CT molecular complexity index is 878. The molecule has 0 saturated heterocycles. The van der Waals surface area contributed by atoms with Gasteiger partial charge in [-0.15, -0.1) is 0 Å². The molecule has 0 bridgehead atoms. The largest absolute Gasteiger partial charge is 0.462 e. The lowest BCUT2D eigenvalue weighted by Gasteiger charge is -2.33. The van der Waals surface area contributed by atoms with Crippen LogP contribution < -0.4 is 0 Å². The van der Waals surface area contributed by atoms with Gasteiger partial charge in [-0.3, -0.25) is 14.4 Å². The second-order valence-corrected chi connectivity index (χ2v) is 8.63. The van der Waals surface area contributed by atoms with Crippen molar-refractivity contribution in [2.24, 2.45) is 10.8 Å². The molecule has 0 aromatic heterocycles. The molecule has 1 unspecified atom stereocenters. The predicted octanol–water partition coefficient (Wildman–Crippen LogP) is 4.02. The average molecular weight is 481 g/mol. The smallest absolute Gasteiger partial charge is 0.367 e. The summed E-state index contributed by atoms with van der Waals surface area (Å²) < 4.78 is 33.8. The molecule has 0 spiro atoms. The number of carbonyl (C=O) groups is 4. The lowest BCUT2D eigenvalue weighted by Crippen LogP contribution is -2.39. The average Bonchev–Trinajstić information content (AvgIpc) is 2.79. The van der Waals surface area contributed by atoms with Crippen LogP contribution in [0.15, 0.2) is 36.2 Å². The zero-order chi connectivity index (χ0) is 25.8. The fourth-order valence-electron chi connectivity index (χ4n) is 3.17. The van der Waals surface area contributed by atoms with Crippen LogP contribution in [0.25, 0.3) is 6.08 Å². The van der Waals surface area contributed by atoms with Gasteiger partial charge in [0.25, 0.3) is 0 Å². The van der Waals surface area contributed by atoms with Gasteiger partial charge in [0.15, 0.2) is 0 Å². The summed E-state index contributed by atoms with van der Waals surface area (Å²) >= 11 is 0. The molecule has 0 aliphatic rings. The van der Waals surface area contributed by atoms with Crippen molar-refractivity contribution in [2.45, 2.75) is 47.5 Å². The first kappa shape index (κ1) is 28.8. The third-order valence-corrected chi connectivity index (χ3v) is 5.12. The van der Waals surface area contributed by atoms with Crippen molar-refractivity contribution in [3.05, 3.63) is 41.7 Å². The number of ether oxygens (including phenoxy) is 4. The van der Waals surface area contributed by atoms with Crippen molar-refractivity contribution in [1.82, 2.24) is 0 Å². The first-order valence-corrected chi connectivity index (χ1v) is 11.0. The van der Waals surface area contributed by atoms with Crippen molar-refractivity contribution in [1.29, 1.82) is 0 Å². The highest BCUT2D eigenvalue weighted by molar-refractivity contribution is 5.91. The van der Waals surface area contributed by atoms with E-state index in [1.54, 1.807) is 58.0 Å². The fourth-order valence-corrected chi connectivity index (χ4v) is 3.17. The maximum absolute atomic E-state index is 13.9. The molecule has 0 aliphatic carbocycles. The quantitative estimate of drug-likeness (QED) is 0.180. The van der Waals surface area contributed by atoms with Gasteiger partial charge in [-0.2, -0.15) is 4.39 Å². The van der Waals surface area contributed by atoms with E-state index >= 15 is 0 Å². The van der Waals surface area contributed by atoms with Gasteiger partial charge in [0.2, 0.25) is 5.83 Å². The van der Waals surface area contributed by atoms with Crippen LogP contribution in [0, 0.1) is 10.8 Å². The van der Waals surface area contributed by atoms with Crippen LogP contribution >= 0.6 is 0 Å². The third kappa shape index (κ3) is 9.72. The lowest BCUT2D eigenvalue weighted by atomic mass is 9.72. The molecule has 8 nitrogen and oxygen atoms in total. The number of hydrogen-bond acceptors (Lipinski definition) is 8. The second kappa shape index (κ2) is 13.5. The van der Waals surface area contributed by atoms with Gasteiger partial charge in [-0.05, 0) is 45.3 Å². The fraction of sp³-hybridized carbons (Fsp3) is 0.520. The molecule has 34 heavy (non-hydrogen) atoms. The van der Waals surface area contributed by atoms with E-state index < -0.39 is 40.5 Å². The van der Waals surface area contributed by atoms with Crippen LogP contribution in [-0.4, -0.2) is 50.3 Å². The van der Waals surface area contributed by atoms with Crippen LogP contribution in [-0.2, 0) is 38.1 Å². The number of hydrogen-bond donors (Lipinski definition) is 0. The molecule has 9 heteroatoms. The maximum atomic E-state index is 13.9. The minimum atomic E-state index is -1.16. The van der Waals surface area contributed by atoms with Crippen molar-refractivity contribution in [3.8, 4) is 0 Å². The monoisotopic (exact) mass is 480 g/mol. The highest BCUT2D eigenvalue weighted by atomic mass is 19.1. The van der Waals surface area contributed by atoms with E-state index in [1.807, 2.05) is 0 Å². The summed E-state index contributed by atoms with van der Waals surface area (Å²) in [4.78, 5) is 47.7. The van der Waals surface area contributed by atoms with Crippen LogP contribution in [0.4, 0.5) is 4.39 Å². The summed E-state index contributed by atoms with van der Waals surface area (Å²) in [6.45, 7) is 7.28. The number of benzene rings is 1. The Hall–Kier alpha value is -3.23. The molecule has 0 aliphatic heterocycles. The maximum Gasteiger partial charge on any atom is 0.367 e. The molecule has 0 N–H and O–H groups in total. The molecule has 1 aromatic carbocycles. The van der Waals surface area contributed by atoms with Gasteiger partial charge in [0.1, 0.15) is 26.4 Å². The standard InChI is InChI=1S/C25H33FO8/c1-6-25(5,23(30)34-14-12-31-18(2)27)17-24(3,4)22(29)33-15-13-32-21(28)20(26)16-19-10-8-7-9-11-19/h7-11,16H,6,12-15,17H2,1-5H3/b20-16-. The Balaban J connectivity index is 2.52. The number of carbonyl (C=O) groups excluding carboxylic acids is 4. The highest BCUT2D eigenvalue weighted by Crippen LogP contribution is 2.38. The number of rotatable bonds is 13. The topological polar surface area (TPSA) is 105 Å². The van der Waals surface area contributed by atoms with E-state index in [-0.39, 0.29) is 32.8 Å². The Morgan fingerprint density at radius 2 is 1.38 bits per heavy atom. The zero-order valence-corrected chi connectivity index (χ0v) is 20.4. The third-order valence-electron chi connectivity index (χ3n) is 5.12. The van der Waals surface area contributed by atoms with Crippen molar-refractivity contribution in [2.75, 3.05) is 26.4 Å². The molecular weight excluding hydrogens is 447 g/mol. The van der Waals surface area contributed by atoms with Crippen LogP contribution in [0.2, 0.25) is 0 Å². The molecule has 1 aromatic rings. The molecular formula is C25H33FO8. The summed E-state index contributed by atoms with van der Waals surface area (Å²) in [6.07, 6.45) is 1.59. The Morgan fingerprint density at radius 1 is 0.853 bits per heavy atom. The van der Waals surface area contributed by atoms with Gasteiger partial charge < -0.3 is 18.9 Å². The summed E-state index contributed by atoms with van der Waals surface area (Å²) in [5.41, 5.74) is -1.52. The highest BCUT2D eigenvalue weighted by Gasteiger charge is 2.43. The van der Waals surface area contributed by atoms with Crippen molar-refractivity contribution < 1.29 is 42.5 Å². The first-order valence-electron chi connectivity index (χ1n) is 11.0. The minimum Gasteiger partial charge on any atom is -0.462 e. The lowest BCUT2D eigenvalue weighted by molar-refractivity contribution is -0.166. The van der Waals surface area contributed by atoms with Gasteiger partial charge in [-0.25, -0.2) is 4.79 Å². The second-order valence-electron chi connectivity index (χ2n) is 8.63.